The highest BCUT2D eigenvalue weighted by atomic mass is 16.1. The molecule has 1 atom stereocenters. The van der Waals surface area contributed by atoms with Gasteiger partial charge in [-0.15, -0.1) is 0 Å². The number of rotatable bonds is 7. The summed E-state index contributed by atoms with van der Waals surface area (Å²) >= 11 is 0. The number of benzene rings is 2. The molecule has 4 rings (SSSR count). The number of nitrogens with zero attached hydrogens (tertiary/aromatic N) is 3. The van der Waals surface area contributed by atoms with E-state index in [2.05, 4.69) is 27.4 Å². The maximum atomic E-state index is 12.5. The van der Waals surface area contributed by atoms with Crippen LogP contribution in [0.15, 0.2) is 65.6 Å². The minimum absolute atomic E-state index is 0.00490. The third-order valence-corrected chi connectivity index (χ3v) is 5.57. The molecule has 1 amide bonds. The summed E-state index contributed by atoms with van der Waals surface area (Å²) in [5.74, 6) is -0.00490. The molecule has 1 aliphatic heterocycles. The van der Waals surface area contributed by atoms with Crippen molar-refractivity contribution in [2.75, 3.05) is 19.6 Å². The third kappa shape index (κ3) is 4.54. The molecule has 0 bridgehead atoms. The van der Waals surface area contributed by atoms with Crippen LogP contribution in [0.5, 0.6) is 0 Å². The second-order valence-electron chi connectivity index (χ2n) is 7.47. The van der Waals surface area contributed by atoms with Crippen LogP contribution < -0.4 is 10.7 Å². The number of para-hydroxylation sites is 1. The molecule has 1 aromatic heterocycles. The van der Waals surface area contributed by atoms with Crippen LogP contribution in [-0.2, 0) is 11.3 Å². The average molecular weight is 390 g/mol. The topological polar surface area (TPSA) is 67.2 Å². The predicted octanol–water partition coefficient (Wildman–Crippen LogP) is 2.74. The molecule has 0 saturated carbocycles. The molecule has 0 aliphatic carbocycles. The van der Waals surface area contributed by atoms with Crippen molar-refractivity contribution in [2.45, 2.75) is 31.8 Å². The van der Waals surface area contributed by atoms with Crippen LogP contribution in [0.3, 0.4) is 0 Å². The number of carbonyl (C=O) groups is 1. The fraction of sp³-hybridized carbons (Fsp3) is 0.348. The van der Waals surface area contributed by atoms with Gasteiger partial charge in [0.05, 0.1) is 24.3 Å². The van der Waals surface area contributed by atoms with Crippen LogP contribution in [0, 0.1) is 0 Å². The molecule has 1 saturated heterocycles. The van der Waals surface area contributed by atoms with E-state index >= 15 is 0 Å². The van der Waals surface area contributed by atoms with Crippen molar-refractivity contribution in [1.29, 1.82) is 0 Å². The molecule has 1 N–H and O–H groups in total. The van der Waals surface area contributed by atoms with Crippen molar-refractivity contribution in [3.05, 3.63) is 76.6 Å². The number of hydrogen-bond acceptors (Lipinski definition) is 4. The Balaban J connectivity index is 1.39. The normalized spacial score (nSPS) is 15.4. The van der Waals surface area contributed by atoms with E-state index < -0.39 is 0 Å². The fourth-order valence-corrected chi connectivity index (χ4v) is 4.03. The minimum Gasteiger partial charge on any atom is -0.354 e. The SMILES string of the molecule is O=C(CCn1ncc(=O)c2ccccc21)NCC(c1ccccc1)N1CCCC1. The molecule has 29 heavy (non-hydrogen) atoms. The van der Waals surface area contributed by atoms with E-state index in [4.69, 9.17) is 0 Å². The summed E-state index contributed by atoms with van der Waals surface area (Å²) in [5, 5.41) is 7.93. The van der Waals surface area contributed by atoms with Gasteiger partial charge in [-0.05, 0) is 43.6 Å². The summed E-state index contributed by atoms with van der Waals surface area (Å²) in [4.78, 5) is 26.9. The lowest BCUT2D eigenvalue weighted by Crippen LogP contribution is -2.37. The van der Waals surface area contributed by atoms with Gasteiger partial charge >= 0.3 is 0 Å². The molecule has 1 aliphatic rings. The zero-order valence-electron chi connectivity index (χ0n) is 16.5. The molecule has 3 aromatic rings. The lowest BCUT2D eigenvalue weighted by molar-refractivity contribution is -0.121. The molecule has 150 valence electrons. The van der Waals surface area contributed by atoms with E-state index in [0.717, 1.165) is 18.6 Å². The van der Waals surface area contributed by atoms with Gasteiger partial charge in [0.2, 0.25) is 11.3 Å². The largest absolute Gasteiger partial charge is 0.354 e. The molecule has 6 heteroatoms. The Bertz CT molecular complexity index is 1030. The number of hydrogen-bond donors (Lipinski definition) is 1. The highest BCUT2D eigenvalue weighted by Crippen LogP contribution is 2.24. The maximum Gasteiger partial charge on any atom is 0.221 e. The highest BCUT2D eigenvalue weighted by molar-refractivity contribution is 5.79. The standard InChI is InChI=1S/C23H26N4O2/c28-22-17-25-27(20-11-5-4-10-19(20)22)15-12-23(29)24-16-21(26-13-6-7-14-26)18-8-2-1-3-9-18/h1-5,8-11,17,21H,6-7,12-16H2,(H,24,29). The number of amides is 1. The number of fused-ring (bicyclic) bond motifs is 1. The van der Waals surface area contributed by atoms with Crippen molar-refractivity contribution in [3.8, 4) is 0 Å². The predicted molar refractivity (Wildman–Crippen MR) is 114 cm³/mol. The van der Waals surface area contributed by atoms with Gasteiger partial charge in [-0.1, -0.05) is 42.5 Å². The Hall–Kier alpha value is -2.99. The van der Waals surface area contributed by atoms with Crippen LogP contribution in [0.4, 0.5) is 0 Å². The van der Waals surface area contributed by atoms with Gasteiger partial charge < -0.3 is 5.32 Å². The number of likely N-dealkylation sites (tertiary alicyclic amines) is 1. The minimum atomic E-state index is -0.0994. The van der Waals surface area contributed by atoms with Crippen molar-refractivity contribution in [2.24, 2.45) is 0 Å². The fourth-order valence-electron chi connectivity index (χ4n) is 4.03. The van der Waals surface area contributed by atoms with Gasteiger partial charge in [-0.3, -0.25) is 19.2 Å². The molecule has 2 aromatic carbocycles. The summed E-state index contributed by atoms with van der Waals surface area (Å²) in [5.41, 5.74) is 1.90. The maximum absolute atomic E-state index is 12.5. The molecular formula is C23H26N4O2. The Morgan fingerprint density at radius 3 is 2.55 bits per heavy atom. The Morgan fingerprint density at radius 2 is 1.76 bits per heavy atom. The van der Waals surface area contributed by atoms with E-state index in [1.807, 2.05) is 36.4 Å². The molecule has 0 spiro atoms. The van der Waals surface area contributed by atoms with E-state index in [-0.39, 0.29) is 17.4 Å². The van der Waals surface area contributed by atoms with Gasteiger partial charge in [0.25, 0.3) is 0 Å². The van der Waals surface area contributed by atoms with Crippen molar-refractivity contribution in [3.63, 3.8) is 0 Å². The average Bonchev–Trinajstić information content (AvgIpc) is 3.29. The van der Waals surface area contributed by atoms with Crippen LogP contribution >= 0.6 is 0 Å². The van der Waals surface area contributed by atoms with Crippen LogP contribution in [0.2, 0.25) is 0 Å². The summed E-state index contributed by atoms with van der Waals surface area (Å²) in [6, 6.07) is 17.9. The van der Waals surface area contributed by atoms with Crippen LogP contribution in [-0.4, -0.2) is 40.2 Å². The summed E-state index contributed by atoms with van der Waals surface area (Å²) in [6.45, 7) is 3.18. The second kappa shape index (κ2) is 9.01. The van der Waals surface area contributed by atoms with Gasteiger partial charge in [-0.25, -0.2) is 0 Å². The first-order chi connectivity index (χ1) is 14.2. The van der Waals surface area contributed by atoms with Crippen LogP contribution in [0.25, 0.3) is 10.9 Å². The number of aryl methyl sites for hydroxylation is 1. The smallest absolute Gasteiger partial charge is 0.221 e. The molecule has 6 nitrogen and oxygen atoms in total. The summed E-state index contributed by atoms with van der Waals surface area (Å²) < 4.78 is 1.73. The monoisotopic (exact) mass is 390 g/mol. The number of nitrogens with one attached hydrogen (secondary N) is 1. The molecular weight excluding hydrogens is 364 g/mol. The van der Waals surface area contributed by atoms with E-state index in [1.54, 1.807) is 10.7 Å². The van der Waals surface area contributed by atoms with Crippen LogP contribution in [0.1, 0.15) is 30.9 Å². The van der Waals surface area contributed by atoms with Crippen molar-refractivity contribution in [1.82, 2.24) is 20.0 Å². The summed E-state index contributed by atoms with van der Waals surface area (Å²) in [6.07, 6.45) is 4.06. The zero-order chi connectivity index (χ0) is 20.1. The highest BCUT2D eigenvalue weighted by Gasteiger charge is 2.23. The van der Waals surface area contributed by atoms with Crippen molar-refractivity contribution >= 4 is 16.8 Å². The number of aromatic nitrogens is 2. The zero-order valence-corrected chi connectivity index (χ0v) is 16.5. The molecule has 2 heterocycles. The van der Waals surface area contributed by atoms with E-state index in [0.29, 0.717) is 24.9 Å². The van der Waals surface area contributed by atoms with Gasteiger partial charge in [0.1, 0.15) is 0 Å². The first-order valence-corrected chi connectivity index (χ1v) is 10.2. The van der Waals surface area contributed by atoms with Crippen molar-refractivity contribution < 1.29 is 4.79 Å². The molecule has 0 radical (unpaired) electrons. The Morgan fingerprint density at radius 1 is 1.03 bits per heavy atom. The Labute approximate surface area is 170 Å². The van der Waals surface area contributed by atoms with E-state index in [9.17, 15) is 9.59 Å². The molecule has 1 fully saturated rings. The third-order valence-electron chi connectivity index (χ3n) is 5.57. The number of carbonyl (C=O) groups excluding carboxylic acids is 1. The quantitative estimate of drug-likeness (QED) is 0.674. The lowest BCUT2D eigenvalue weighted by atomic mass is 10.1. The first-order valence-electron chi connectivity index (χ1n) is 10.2. The molecule has 1 unspecified atom stereocenters. The van der Waals surface area contributed by atoms with E-state index in [1.165, 1.54) is 24.6 Å². The summed E-state index contributed by atoms with van der Waals surface area (Å²) in [7, 11) is 0. The second-order valence-corrected chi connectivity index (χ2v) is 7.47. The lowest BCUT2D eigenvalue weighted by Gasteiger charge is -2.28. The first kappa shape index (κ1) is 19.3. The van der Waals surface area contributed by atoms with Gasteiger partial charge in [0.15, 0.2) is 0 Å². The van der Waals surface area contributed by atoms with Gasteiger partial charge in [0, 0.05) is 18.4 Å². The van der Waals surface area contributed by atoms with Gasteiger partial charge in [-0.2, -0.15) is 5.10 Å². The Kier molecular flexibility index (Phi) is 6.00.